The van der Waals surface area contributed by atoms with Crippen LogP contribution in [-0.4, -0.2) is 18.1 Å². The molecule has 0 saturated heterocycles. The topological polar surface area (TPSA) is 58.5 Å². The zero-order chi connectivity index (χ0) is 15.7. The van der Waals surface area contributed by atoms with Crippen LogP contribution in [0.2, 0.25) is 5.02 Å². The number of rotatable bonds is 1. The fourth-order valence-corrected chi connectivity index (χ4v) is 2.96. The Bertz CT molecular complexity index is 705. The standard InChI is InChI=1S/C17H19ClN4/c1-12(19)17-15-4-2-3-5-16(15)21(10-11-22(17)20)14-8-6-13(18)7-9-14/h2-9H,10-11,19-20H2,1H3/b17-12-. The molecule has 1 aliphatic rings. The van der Waals surface area contributed by atoms with E-state index in [1.54, 1.807) is 5.01 Å². The summed E-state index contributed by atoms with van der Waals surface area (Å²) in [5, 5.41) is 2.45. The van der Waals surface area contributed by atoms with E-state index < -0.39 is 0 Å². The number of allylic oxidation sites excluding steroid dienone is 1. The molecular weight excluding hydrogens is 296 g/mol. The number of nitrogens with zero attached hydrogens (tertiary/aromatic N) is 2. The van der Waals surface area contributed by atoms with Crippen molar-refractivity contribution < 1.29 is 0 Å². The molecule has 0 bridgehead atoms. The Labute approximate surface area is 135 Å². The lowest BCUT2D eigenvalue weighted by Gasteiger charge is -2.24. The molecule has 114 valence electrons. The third kappa shape index (κ3) is 2.63. The highest BCUT2D eigenvalue weighted by Gasteiger charge is 2.23. The Morgan fingerprint density at radius 3 is 2.41 bits per heavy atom. The lowest BCUT2D eigenvalue weighted by molar-refractivity contribution is 0.428. The maximum Gasteiger partial charge on any atom is 0.0795 e. The molecule has 0 atom stereocenters. The number of nitrogens with two attached hydrogens (primary N) is 2. The Hall–Kier alpha value is -2.17. The normalized spacial score (nSPS) is 17.0. The summed E-state index contributed by atoms with van der Waals surface area (Å²) in [6.07, 6.45) is 0. The van der Waals surface area contributed by atoms with Crippen LogP contribution in [0, 0.1) is 0 Å². The second kappa shape index (κ2) is 5.91. The number of halogens is 1. The lowest BCUT2D eigenvalue weighted by Crippen LogP contribution is -2.34. The quantitative estimate of drug-likeness (QED) is 0.793. The molecule has 0 radical (unpaired) electrons. The predicted octanol–water partition coefficient (Wildman–Crippen LogP) is 3.31. The van der Waals surface area contributed by atoms with E-state index in [0.29, 0.717) is 12.2 Å². The van der Waals surface area contributed by atoms with Crippen LogP contribution in [0.15, 0.2) is 54.2 Å². The molecule has 0 aromatic heterocycles. The SMILES string of the molecule is C/C(N)=C1\c2ccccc2N(c2ccc(Cl)cc2)CCN1N. The third-order valence-corrected chi connectivity index (χ3v) is 4.07. The maximum atomic E-state index is 6.21. The molecule has 0 fully saturated rings. The first-order valence-corrected chi connectivity index (χ1v) is 7.57. The van der Waals surface area contributed by atoms with Crippen molar-refractivity contribution in [3.63, 3.8) is 0 Å². The van der Waals surface area contributed by atoms with Gasteiger partial charge in [0.25, 0.3) is 0 Å². The summed E-state index contributed by atoms with van der Waals surface area (Å²) >= 11 is 6.00. The van der Waals surface area contributed by atoms with Gasteiger partial charge in [-0.25, -0.2) is 5.84 Å². The summed E-state index contributed by atoms with van der Waals surface area (Å²) in [4.78, 5) is 2.24. The molecule has 0 unspecified atom stereocenters. The minimum absolute atomic E-state index is 0.682. The van der Waals surface area contributed by atoms with Gasteiger partial charge >= 0.3 is 0 Å². The van der Waals surface area contributed by atoms with Crippen LogP contribution in [0.3, 0.4) is 0 Å². The minimum Gasteiger partial charge on any atom is -0.401 e. The number of fused-ring (bicyclic) bond motifs is 1. The van der Waals surface area contributed by atoms with Crippen molar-refractivity contribution >= 4 is 28.7 Å². The molecule has 1 heterocycles. The number of hydrogen-bond donors (Lipinski definition) is 2. The summed E-state index contributed by atoms with van der Waals surface area (Å²) in [6.45, 7) is 3.33. The maximum absolute atomic E-state index is 6.21. The Balaban J connectivity index is 2.16. The second-order valence-corrected chi connectivity index (χ2v) is 5.81. The molecule has 0 spiro atoms. The van der Waals surface area contributed by atoms with Gasteiger partial charge in [0.15, 0.2) is 0 Å². The number of hydrogen-bond acceptors (Lipinski definition) is 4. The van der Waals surface area contributed by atoms with Gasteiger partial charge in [-0.1, -0.05) is 29.8 Å². The predicted molar refractivity (Wildman–Crippen MR) is 92.6 cm³/mol. The fourth-order valence-electron chi connectivity index (χ4n) is 2.83. The van der Waals surface area contributed by atoms with Crippen molar-refractivity contribution in [1.82, 2.24) is 5.01 Å². The van der Waals surface area contributed by atoms with E-state index in [2.05, 4.69) is 17.0 Å². The van der Waals surface area contributed by atoms with Crippen LogP contribution in [-0.2, 0) is 0 Å². The van der Waals surface area contributed by atoms with Crippen molar-refractivity contribution in [1.29, 1.82) is 0 Å². The molecule has 0 aliphatic carbocycles. The fraction of sp³-hybridized carbons (Fsp3) is 0.176. The van der Waals surface area contributed by atoms with Crippen LogP contribution in [0.1, 0.15) is 12.5 Å². The van der Waals surface area contributed by atoms with Crippen molar-refractivity contribution in [3.8, 4) is 0 Å². The smallest absolute Gasteiger partial charge is 0.0795 e. The van der Waals surface area contributed by atoms with Gasteiger partial charge in [0.1, 0.15) is 0 Å². The Kier molecular flexibility index (Phi) is 3.96. The van der Waals surface area contributed by atoms with E-state index in [9.17, 15) is 0 Å². The first-order valence-electron chi connectivity index (χ1n) is 7.19. The molecule has 3 rings (SSSR count). The summed E-state index contributed by atoms with van der Waals surface area (Å²) < 4.78 is 0. The monoisotopic (exact) mass is 314 g/mol. The van der Waals surface area contributed by atoms with Gasteiger partial charge in [-0.3, -0.25) is 0 Å². The molecule has 1 aliphatic heterocycles. The van der Waals surface area contributed by atoms with Gasteiger partial charge in [-0.2, -0.15) is 0 Å². The zero-order valence-corrected chi connectivity index (χ0v) is 13.2. The van der Waals surface area contributed by atoms with E-state index in [1.165, 1.54) is 0 Å². The number of benzene rings is 2. The van der Waals surface area contributed by atoms with E-state index in [1.807, 2.05) is 43.3 Å². The van der Waals surface area contributed by atoms with Crippen molar-refractivity contribution in [2.24, 2.45) is 11.6 Å². The van der Waals surface area contributed by atoms with E-state index >= 15 is 0 Å². The molecule has 0 saturated carbocycles. The van der Waals surface area contributed by atoms with E-state index in [0.717, 1.165) is 34.2 Å². The summed E-state index contributed by atoms with van der Waals surface area (Å²) in [6, 6.07) is 16.0. The molecule has 22 heavy (non-hydrogen) atoms. The number of hydrazine groups is 1. The summed E-state index contributed by atoms with van der Waals surface area (Å²) in [5.74, 6) is 6.21. The Morgan fingerprint density at radius 1 is 1.05 bits per heavy atom. The highest BCUT2D eigenvalue weighted by atomic mass is 35.5. The van der Waals surface area contributed by atoms with Gasteiger partial charge in [0.2, 0.25) is 0 Å². The van der Waals surface area contributed by atoms with E-state index in [-0.39, 0.29) is 0 Å². The van der Waals surface area contributed by atoms with Crippen molar-refractivity contribution in [3.05, 3.63) is 64.8 Å². The molecule has 4 nitrogen and oxygen atoms in total. The molecule has 0 amide bonds. The van der Waals surface area contributed by atoms with Crippen molar-refractivity contribution in [2.45, 2.75) is 6.92 Å². The van der Waals surface area contributed by atoms with Crippen LogP contribution in [0.4, 0.5) is 11.4 Å². The minimum atomic E-state index is 0.682. The van der Waals surface area contributed by atoms with Gasteiger partial charge in [0, 0.05) is 28.5 Å². The van der Waals surface area contributed by atoms with Crippen LogP contribution >= 0.6 is 11.6 Å². The molecular formula is C17H19ClN4. The van der Waals surface area contributed by atoms with Crippen LogP contribution in [0.25, 0.3) is 5.70 Å². The third-order valence-electron chi connectivity index (χ3n) is 3.81. The number of para-hydroxylation sites is 1. The molecule has 2 aromatic carbocycles. The van der Waals surface area contributed by atoms with Crippen LogP contribution in [0.5, 0.6) is 0 Å². The first-order chi connectivity index (χ1) is 10.6. The number of anilines is 2. The highest BCUT2D eigenvalue weighted by Crippen LogP contribution is 2.36. The molecule has 4 N–H and O–H groups in total. The van der Waals surface area contributed by atoms with E-state index in [4.69, 9.17) is 23.2 Å². The molecule has 2 aromatic rings. The average molecular weight is 315 g/mol. The van der Waals surface area contributed by atoms with Gasteiger partial charge < -0.3 is 15.6 Å². The van der Waals surface area contributed by atoms with Crippen LogP contribution < -0.4 is 16.5 Å². The van der Waals surface area contributed by atoms with Gasteiger partial charge in [0.05, 0.1) is 17.9 Å². The zero-order valence-electron chi connectivity index (χ0n) is 12.5. The summed E-state index contributed by atoms with van der Waals surface area (Å²) in [7, 11) is 0. The van der Waals surface area contributed by atoms with Gasteiger partial charge in [-0.05, 0) is 37.3 Å². The largest absolute Gasteiger partial charge is 0.401 e. The van der Waals surface area contributed by atoms with Gasteiger partial charge in [-0.15, -0.1) is 0 Å². The highest BCUT2D eigenvalue weighted by molar-refractivity contribution is 6.30. The second-order valence-electron chi connectivity index (χ2n) is 5.37. The average Bonchev–Trinajstić information content (AvgIpc) is 2.64. The van der Waals surface area contributed by atoms with Crippen molar-refractivity contribution in [2.75, 3.05) is 18.0 Å². The summed E-state index contributed by atoms with van der Waals surface area (Å²) in [5.41, 5.74) is 10.9. The molecule has 5 heteroatoms. The lowest BCUT2D eigenvalue weighted by atomic mass is 10.1. The Morgan fingerprint density at radius 2 is 1.73 bits per heavy atom. The first kappa shape index (κ1) is 14.8.